The number of allylic oxidation sites excluding steroid dienone is 1. The van der Waals surface area contributed by atoms with Gasteiger partial charge in [-0.25, -0.2) is 0 Å². The van der Waals surface area contributed by atoms with Crippen molar-refractivity contribution in [1.82, 2.24) is 0 Å². The molecule has 0 heterocycles. The molecule has 12 heavy (non-hydrogen) atoms. The fourth-order valence-corrected chi connectivity index (χ4v) is 2.08. The summed E-state index contributed by atoms with van der Waals surface area (Å²) in [7, 11) is 0. The minimum atomic E-state index is -0.606. The number of thiol groups is 1. The summed E-state index contributed by atoms with van der Waals surface area (Å²) in [5.74, 6) is 0.489. The Bertz CT molecular complexity index is 186. The zero-order valence-electron chi connectivity index (χ0n) is 7.88. The van der Waals surface area contributed by atoms with Crippen LogP contribution in [0.25, 0.3) is 0 Å². The van der Waals surface area contributed by atoms with Gasteiger partial charge < -0.3 is 5.11 Å². The Morgan fingerprint density at radius 1 is 1.58 bits per heavy atom. The summed E-state index contributed by atoms with van der Waals surface area (Å²) in [6.07, 6.45) is 2.93. The highest BCUT2D eigenvalue weighted by atomic mass is 32.1. The van der Waals surface area contributed by atoms with Gasteiger partial charge in [0.15, 0.2) is 0 Å². The van der Waals surface area contributed by atoms with Crippen molar-refractivity contribution in [2.24, 2.45) is 5.92 Å². The van der Waals surface area contributed by atoms with Gasteiger partial charge in [0.05, 0.1) is 5.60 Å². The van der Waals surface area contributed by atoms with Crippen LogP contribution in [0.3, 0.4) is 0 Å². The quantitative estimate of drug-likeness (QED) is 0.476. The van der Waals surface area contributed by atoms with Crippen LogP contribution in [-0.2, 0) is 0 Å². The number of aliphatic hydroxyl groups is 1. The van der Waals surface area contributed by atoms with Gasteiger partial charge in [-0.1, -0.05) is 12.2 Å². The highest BCUT2D eigenvalue weighted by Gasteiger charge is 2.36. The van der Waals surface area contributed by atoms with Crippen molar-refractivity contribution in [1.29, 1.82) is 0 Å². The summed E-state index contributed by atoms with van der Waals surface area (Å²) in [4.78, 5) is 0. The minimum absolute atomic E-state index is 0.132. The highest BCUT2D eigenvalue weighted by molar-refractivity contribution is 7.81. The van der Waals surface area contributed by atoms with Crippen molar-refractivity contribution < 1.29 is 5.11 Å². The molecule has 3 atom stereocenters. The zero-order chi connectivity index (χ0) is 9.35. The van der Waals surface area contributed by atoms with Crippen molar-refractivity contribution >= 4 is 12.6 Å². The molecule has 0 aromatic heterocycles. The Labute approximate surface area is 80.3 Å². The number of rotatable bonds is 1. The van der Waals surface area contributed by atoms with Crippen LogP contribution in [0.15, 0.2) is 12.2 Å². The highest BCUT2D eigenvalue weighted by Crippen LogP contribution is 2.37. The molecule has 1 aliphatic rings. The van der Waals surface area contributed by atoms with Crippen LogP contribution in [0.2, 0.25) is 0 Å². The maximum Gasteiger partial charge on any atom is 0.0741 e. The molecular formula is C10H18OS. The van der Waals surface area contributed by atoms with Gasteiger partial charge in [-0.3, -0.25) is 0 Å². The predicted molar refractivity (Wildman–Crippen MR) is 55.6 cm³/mol. The summed E-state index contributed by atoms with van der Waals surface area (Å²) in [6.45, 7) is 7.85. The third-order valence-electron chi connectivity index (χ3n) is 2.86. The van der Waals surface area contributed by atoms with Crippen molar-refractivity contribution in [3.8, 4) is 0 Å². The van der Waals surface area contributed by atoms with Crippen LogP contribution < -0.4 is 0 Å². The first-order chi connectivity index (χ1) is 5.43. The lowest BCUT2D eigenvalue weighted by atomic mass is 9.76. The number of hydrogen-bond acceptors (Lipinski definition) is 2. The van der Waals surface area contributed by atoms with E-state index < -0.39 is 5.60 Å². The summed E-state index contributed by atoms with van der Waals surface area (Å²) in [6, 6.07) is 0. The second-order valence-corrected chi connectivity index (χ2v) is 4.82. The van der Waals surface area contributed by atoms with E-state index in [1.807, 2.05) is 13.8 Å². The lowest BCUT2D eigenvalue weighted by molar-refractivity contribution is 0.0148. The van der Waals surface area contributed by atoms with Crippen LogP contribution in [0.5, 0.6) is 0 Å². The lowest BCUT2D eigenvalue weighted by Crippen LogP contribution is -2.41. The smallest absolute Gasteiger partial charge is 0.0741 e. The lowest BCUT2D eigenvalue weighted by Gasteiger charge is -2.39. The van der Waals surface area contributed by atoms with Crippen molar-refractivity contribution in [2.45, 2.75) is 44.0 Å². The predicted octanol–water partition coefficient (Wildman–Crippen LogP) is 2.41. The summed E-state index contributed by atoms with van der Waals surface area (Å²) < 4.78 is 0. The van der Waals surface area contributed by atoms with Crippen LogP contribution in [0.4, 0.5) is 0 Å². The van der Waals surface area contributed by atoms with E-state index in [0.717, 1.165) is 19.3 Å². The van der Waals surface area contributed by atoms with Gasteiger partial charge in [0, 0.05) is 5.25 Å². The van der Waals surface area contributed by atoms with E-state index >= 15 is 0 Å². The molecule has 0 amide bonds. The first kappa shape index (κ1) is 10.1. The standard InChI is InChI=1S/C10H18OS/c1-7(2)8-4-5-9(12)10(3,11)6-8/h8-9,11-12H,1,4-6H2,2-3H3/t8-,9+,10+/m0/s1. The molecule has 0 aromatic carbocycles. The Morgan fingerprint density at radius 2 is 2.17 bits per heavy atom. The maximum atomic E-state index is 9.94. The zero-order valence-corrected chi connectivity index (χ0v) is 8.77. The molecule has 1 aliphatic carbocycles. The second kappa shape index (κ2) is 3.43. The fourth-order valence-electron chi connectivity index (χ4n) is 1.83. The first-order valence-electron chi connectivity index (χ1n) is 4.49. The normalized spacial score (nSPS) is 42.7. The average Bonchev–Trinajstić information content (AvgIpc) is 1.94. The SMILES string of the molecule is C=C(C)[C@H]1CC[C@@H](S)[C@](C)(O)C1. The van der Waals surface area contributed by atoms with Crippen LogP contribution >= 0.6 is 12.6 Å². The first-order valence-corrected chi connectivity index (χ1v) is 5.01. The largest absolute Gasteiger partial charge is 0.389 e. The van der Waals surface area contributed by atoms with E-state index in [9.17, 15) is 5.11 Å². The molecule has 1 fully saturated rings. The third-order valence-corrected chi connectivity index (χ3v) is 3.68. The second-order valence-electron chi connectivity index (χ2n) is 4.20. The van der Waals surface area contributed by atoms with Gasteiger partial charge >= 0.3 is 0 Å². The molecule has 1 N–H and O–H groups in total. The van der Waals surface area contributed by atoms with E-state index in [1.165, 1.54) is 5.57 Å². The van der Waals surface area contributed by atoms with Crippen molar-refractivity contribution in [3.05, 3.63) is 12.2 Å². The van der Waals surface area contributed by atoms with Crippen molar-refractivity contribution in [2.75, 3.05) is 0 Å². The Hall–Kier alpha value is 0.0500. The van der Waals surface area contributed by atoms with Gasteiger partial charge in [0.2, 0.25) is 0 Å². The van der Waals surface area contributed by atoms with Gasteiger partial charge in [-0.2, -0.15) is 12.6 Å². The van der Waals surface area contributed by atoms with Gasteiger partial charge in [-0.05, 0) is 39.0 Å². The summed E-state index contributed by atoms with van der Waals surface area (Å²) >= 11 is 4.37. The van der Waals surface area contributed by atoms with Crippen molar-refractivity contribution in [3.63, 3.8) is 0 Å². The monoisotopic (exact) mass is 186 g/mol. The van der Waals surface area contributed by atoms with E-state index in [2.05, 4.69) is 19.2 Å². The molecular weight excluding hydrogens is 168 g/mol. The maximum absolute atomic E-state index is 9.94. The Kier molecular flexibility index (Phi) is 2.89. The molecule has 0 bridgehead atoms. The van der Waals surface area contributed by atoms with E-state index in [1.54, 1.807) is 0 Å². The summed E-state index contributed by atoms with van der Waals surface area (Å²) in [5.41, 5.74) is 0.584. The Morgan fingerprint density at radius 3 is 2.58 bits per heavy atom. The average molecular weight is 186 g/mol. The third kappa shape index (κ3) is 2.05. The molecule has 1 nitrogen and oxygen atoms in total. The van der Waals surface area contributed by atoms with Crippen LogP contribution in [0.1, 0.15) is 33.1 Å². The molecule has 0 unspecified atom stereocenters. The van der Waals surface area contributed by atoms with Crippen LogP contribution in [-0.4, -0.2) is 16.0 Å². The molecule has 0 aliphatic heterocycles. The Balaban J connectivity index is 2.63. The minimum Gasteiger partial charge on any atom is -0.389 e. The molecule has 0 spiro atoms. The summed E-state index contributed by atoms with van der Waals surface area (Å²) in [5, 5.41) is 10.1. The van der Waals surface area contributed by atoms with E-state index in [4.69, 9.17) is 0 Å². The van der Waals surface area contributed by atoms with E-state index in [0.29, 0.717) is 5.92 Å². The van der Waals surface area contributed by atoms with E-state index in [-0.39, 0.29) is 5.25 Å². The molecule has 1 rings (SSSR count). The van der Waals surface area contributed by atoms with Gasteiger partial charge in [0.1, 0.15) is 0 Å². The molecule has 2 heteroatoms. The number of hydrogen-bond donors (Lipinski definition) is 2. The molecule has 70 valence electrons. The molecule has 0 radical (unpaired) electrons. The van der Waals surface area contributed by atoms with Gasteiger partial charge in [-0.15, -0.1) is 0 Å². The molecule has 0 aromatic rings. The fraction of sp³-hybridized carbons (Fsp3) is 0.800. The topological polar surface area (TPSA) is 20.2 Å². The van der Waals surface area contributed by atoms with Crippen LogP contribution in [0, 0.1) is 5.92 Å². The molecule has 1 saturated carbocycles. The van der Waals surface area contributed by atoms with Gasteiger partial charge in [0.25, 0.3) is 0 Å². The molecule has 0 saturated heterocycles.